The van der Waals surface area contributed by atoms with Crippen molar-refractivity contribution in [3.63, 3.8) is 0 Å². The van der Waals surface area contributed by atoms with Crippen LogP contribution in [-0.2, 0) is 6.42 Å². The van der Waals surface area contributed by atoms with E-state index in [1.807, 2.05) is 6.07 Å². The molecule has 1 saturated carbocycles. The predicted molar refractivity (Wildman–Crippen MR) is 126 cm³/mol. The normalized spacial score (nSPS) is 20.2. The number of carbonyl (C=O) groups is 2. The summed E-state index contributed by atoms with van der Waals surface area (Å²) in [5, 5.41) is 21.9. The number of hydrogen-bond acceptors (Lipinski definition) is 4. The van der Waals surface area contributed by atoms with Crippen molar-refractivity contribution in [2.75, 3.05) is 0 Å². The van der Waals surface area contributed by atoms with Gasteiger partial charge in [-0.05, 0) is 73.6 Å². The first-order valence-corrected chi connectivity index (χ1v) is 12.3. The highest BCUT2D eigenvalue weighted by atomic mass is 16.3. The van der Waals surface area contributed by atoms with E-state index < -0.39 is 0 Å². The summed E-state index contributed by atoms with van der Waals surface area (Å²) in [5.74, 6) is 0.0868. The van der Waals surface area contributed by atoms with E-state index in [1.165, 1.54) is 19.3 Å². The summed E-state index contributed by atoms with van der Waals surface area (Å²) >= 11 is 0. The fraction of sp³-hybridized carbons (Fsp3) is 0.500. The number of phenols is 2. The lowest BCUT2D eigenvalue weighted by Crippen LogP contribution is -2.23. The van der Waals surface area contributed by atoms with Crippen LogP contribution in [0.5, 0.6) is 11.5 Å². The van der Waals surface area contributed by atoms with Crippen molar-refractivity contribution in [2.24, 2.45) is 5.92 Å². The number of rotatable bonds is 7. The number of carbonyl (C=O) groups excluding carboxylic acids is 2. The molecule has 32 heavy (non-hydrogen) atoms. The molecule has 0 aromatic heterocycles. The first-order chi connectivity index (χ1) is 15.5. The predicted octanol–water partition coefficient (Wildman–Crippen LogP) is 6.68. The van der Waals surface area contributed by atoms with Gasteiger partial charge in [0, 0.05) is 11.1 Å². The van der Waals surface area contributed by atoms with E-state index in [9.17, 15) is 19.8 Å². The molecule has 0 spiro atoms. The van der Waals surface area contributed by atoms with E-state index in [0.717, 1.165) is 50.0 Å². The van der Waals surface area contributed by atoms with Crippen molar-refractivity contribution < 1.29 is 19.8 Å². The Hall–Kier alpha value is -2.62. The second-order valence-electron chi connectivity index (χ2n) is 9.54. The molecule has 0 heterocycles. The summed E-state index contributed by atoms with van der Waals surface area (Å²) in [6, 6.07) is 6.86. The van der Waals surface area contributed by atoms with Gasteiger partial charge in [0.25, 0.3) is 0 Å². The van der Waals surface area contributed by atoms with E-state index in [-0.39, 0.29) is 51.2 Å². The highest BCUT2D eigenvalue weighted by molar-refractivity contribution is 6.30. The van der Waals surface area contributed by atoms with Gasteiger partial charge < -0.3 is 10.2 Å². The van der Waals surface area contributed by atoms with Crippen LogP contribution in [0.1, 0.15) is 121 Å². The molecule has 2 aliphatic rings. The Balaban J connectivity index is 1.64. The van der Waals surface area contributed by atoms with E-state index in [1.54, 1.807) is 18.2 Å². The summed E-state index contributed by atoms with van der Waals surface area (Å²) < 4.78 is 0. The van der Waals surface area contributed by atoms with Crippen LogP contribution in [0.25, 0.3) is 0 Å². The van der Waals surface area contributed by atoms with Gasteiger partial charge in [-0.2, -0.15) is 0 Å². The molecule has 4 heteroatoms. The summed E-state index contributed by atoms with van der Waals surface area (Å²) in [4.78, 5) is 26.6. The van der Waals surface area contributed by atoms with Crippen LogP contribution in [0.3, 0.4) is 0 Å². The standard InChI is InChI=1S/C28H34O4/c1-3-5-7-17-9-11-18(12-10-17)20-15-16-22-24(26(20)30)28(32)21-14-13-19(8-6-4-2)25(29)23(21)27(22)31/h13-18,29-30H,3-12H2,1-2H3. The minimum Gasteiger partial charge on any atom is -0.507 e. The molecule has 170 valence electrons. The summed E-state index contributed by atoms with van der Waals surface area (Å²) in [5.41, 5.74) is 2.05. The van der Waals surface area contributed by atoms with Gasteiger partial charge in [-0.3, -0.25) is 9.59 Å². The zero-order valence-corrected chi connectivity index (χ0v) is 19.2. The van der Waals surface area contributed by atoms with Gasteiger partial charge in [0.05, 0.1) is 11.1 Å². The lowest BCUT2D eigenvalue weighted by Gasteiger charge is -2.30. The van der Waals surface area contributed by atoms with Gasteiger partial charge in [-0.25, -0.2) is 0 Å². The maximum atomic E-state index is 13.3. The van der Waals surface area contributed by atoms with Gasteiger partial charge in [0.15, 0.2) is 11.6 Å². The zero-order valence-electron chi connectivity index (χ0n) is 19.2. The smallest absolute Gasteiger partial charge is 0.198 e. The van der Waals surface area contributed by atoms with Gasteiger partial charge >= 0.3 is 0 Å². The molecule has 0 radical (unpaired) electrons. The number of unbranched alkanes of at least 4 members (excludes halogenated alkanes) is 2. The fourth-order valence-electron chi connectivity index (χ4n) is 5.50. The van der Waals surface area contributed by atoms with Crippen molar-refractivity contribution >= 4 is 11.6 Å². The van der Waals surface area contributed by atoms with E-state index in [4.69, 9.17) is 0 Å². The molecule has 0 atom stereocenters. The van der Waals surface area contributed by atoms with E-state index >= 15 is 0 Å². The van der Waals surface area contributed by atoms with Crippen LogP contribution in [-0.4, -0.2) is 21.8 Å². The second-order valence-corrected chi connectivity index (χ2v) is 9.54. The largest absolute Gasteiger partial charge is 0.507 e. The Morgan fingerprint density at radius 1 is 0.781 bits per heavy atom. The topological polar surface area (TPSA) is 74.6 Å². The van der Waals surface area contributed by atoms with Crippen molar-refractivity contribution in [3.05, 3.63) is 57.6 Å². The minimum absolute atomic E-state index is 0.0435. The van der Waals surface area contributed by atoms with Crippen LogP contribution in [0.2, 0.25) is 0 Å². The number of phenolic OH excluding ortho intramolecular Hbond substituents is 2. The first kappa shape index (κ1) is 22.6. The van der Waals surface area contributed by atoms with Gasteiger partial charge in [-0.1, -0.05) is 51.7 Å². The van der Waals surface area contributed by atoms with Gasteiger partial charge in [0.2, 0.25) is 0 Å². The fourth-order valence-corrected chi connectivity index (χ4v) is 5.50. The Labute approximate surface area is 190 Å². The Morgan fingerprint density at radius 2 is 1.38 bits per heavy atom. The third kappa shape index (κ3) is 3.96. The molecule has 2 aromatic carbocycles. The minimum atomic E-state index is -0.379. The molecule has 4 nitrogen and oxygen atoms in total. The zero-order chi connectivity index (χ0) is 22.8. The number of ketones is 2. The number of benzene rings is 2. The summed E-state index contributed by atoms with van der Waals surface area (Å²) in [6.45, 7) is 4.29. The molecule has 0 unspecified atom stereocenters. The molecule has 2 aromatic rings. The summed E-state index contributed by atoms with van der Waals surface area (Å²) in [6.07, 6.45) is 10.6. The monoisotopic (exact) mass is 434 g/mol. The molecule has 0 amide bonds. The second kappa shape index (κ2) is 9.48. The molecule has 4 rings (SSSR count). The first-order valence-electron chi connectivity index (χ1n) is 12.3. The SMILES string of the molecule is CCCCc1ccc2c(c1O)C(=O)c1ccc(C3CCC(CCCC)CC3)c(O)c1C2=O. The number of fused-ring (bicyclic) bond motifs is 2. The molecule has 0 bridgehead atoms. The van der Waals surface area contributed by atoms with Crippen molar-refractivity contribution in [1.29, 1.82) is 0 Å². The van der Waals surface area contributed by atoms with Crippen molar-refractivity contribution in [3.8, 4) is 11.5 Å². The maximum absolute atomic E-state index is 13.3. The lowest BCUT2D eigenvalue weighted by atomic mass is 9.74. The number of aromatic hydroxyl groups is 2. The highest BCUT2D eigenvalue weighted by Crippen LogP contribution is 2.45. The number of aryl methyl sites for hydroxylation is 1. The molecular weight excluding hydrogens is 400 g/mol. The Bertz CT molecular complexity index is 1030. The van der Waals surface area contributed by atoms with Crippen LogP contribution in [0.4, 0.5) is 0 Å². The molecule has 2 aliphatic carbocycles. The van der Waals surface area contributed by atoms with Crippen molar-refractivity contribution in [1.82, 2.24) is 0 Å². The average Bonchev–Trinajstić information content (AvgIpc) is 2.80. The van der Waals surface area contributed by atoms with E-state index in [2.05, 4.69) is 13.8 Å². The third-order valence-corrected chi connectivity index (χ3v) is 7.47. The molecule has 0 aliphatic heterocycles. The highest BCUT2D eigenvalue weighted by Gasteiger charge is 2.36. The molecule has 0 saturated heterocycles. The molecular formula is C28H34O4. The maximum Gasteiger partial charge on any atom is 0.198 e. The van der Waals surface area contributed by atoms with Crippen LogP contribution < -0.4 is 0 Å². The average molecular weight is 435 g/mol. The number of hydrogen-bond donors (Lipinski definition) is 2. The van der Waals surface area contributed by atoms with Crippen molar-refractivity contribution in [2.45, 2.75) is 84.0 Å². The van der Waals surface area contributed by atoms with Gasteiger partial charge in [-0.15, -0.1) is 0 Å². The molecule has 1 fully saturated rings. The third-order valence-electron chi connectivity index (χ3n) is 7.47. The summed E-state index contributed by atoms with van der Waals surface area (Å²) in [7, 11) is 0. The van der Waals surface area contributed by atoms with Crippen LogP contribution in [0, 0.1) is 5.92 Å². The van der Waals surface area contributed by atoms with Crippen LogP contribution in [0.15, 0.2) is 24.3 Å². The lowest BCUT2D eigenvalue weighted by molar-refractivity contribution is 0.0973. The van der Waals surface area contributed by atoms with Crippen LogP contribution >= 0.6 is 0 Å². The quantitative estimate of drug-likeness (QED) is 0.435. The molecule has 2 N–H and O–H groups in total. The van der Waals surface area contributed by atoms with Gasteiger partial charge in [0.1, 0.15) is 11.5 Å². The van der Waals surface area contributed by atoms with E-state index in [0.29, 0.717) is 12.0 Å². The Kier molecular flexibility index (Phi) is 6.68. The Morgan fingerprint density at radius 3 is 2.00 bits per heavy atom.